The molecule has 0 saturated carbocycles. The molecule has 0 atom stereocenters. The van der Waals surface area contributed by atoms with Crippen molar-refractivity contribution in [2.45, 2.75) is 20.8 Å². The van der Waals surface area contributed by atoms with Crippen LogP contribution in [0.1, 0.15) is 23.6 Å². The summed E-state index contributed by atoms with van der Waals surface area (Å²) in [6, 6.07) is 5.84. The van der Waals surface area contributed by atoms with Crippen LogP contribution in [0, 0.1) is 13.8 Å². The minimum atomic E-state index is -1.05. The number of rotatable bonds is 2. The van der Waals surface area contributed by atoms with Crippen molar-refractivity contribution in [1.29, 1.82) is 0 Å². The van der Waals surface area contributed by atoms with Gasteiger partial charge in [-0.1, -0.05) is 12.1 Å². The summed E-state index contributed by atoms with van der Waals surface area (Å²) in [5.41, 5.74) is 10.7. The fourth-order valence-electron chi connectivity index (χ4n) is 1.22. The molecule has 0 unspecified atom stereocenters. The lowest BCUT2D eigenvalue weighted by atomic mass is 10.0. The Bertz CT molecular complexity index is 493. The Morgan fingerprint density at radius 2 is 1.88 bits per heavy atom. The van der Waals surface area contributed by atoms with Crippen LogP contribution >= 0.6 is 0 Å². The lowest BCUT2D eigenvalue weighted by Crippen LogP contribution is -2.33. The molecule has 0 radical (unpaired) electrons. The van der Waals surface area contributed by atoms with Crippen LogP contribution in [0.3, 0.4) is 0 Å². The van der Waals surface area contributed by atoms with Gasteiger partial charge in [-0.25, -0.2) is 5.43 Å². The van der Waals surface area contributed by atoms with Gasteiger partial charge < -0.3 is 5.73 Å². The van der Waals surface area contributed by atoms with E-state index in [0.717, 1.165) is 11.1 Å². The Morgan fingerprint density at radius 1 is 1.24 bits per heavy atom. The fraction of sp³-hybridized carbons (Fsp3) is 0.250. The van der Waals surface area contributed by atoms with Crippen LogP contribution in [0.4, 0.5) is 0 Å². The number of hydrogen-bond donors (Lipinski definition) is 2. The summed E-state index contributed by atoms with van der Waals surface area (Å²) < 4.78 is 0. The average Bonchev–Trinajstić information content (AvgIpc) is 2.28. The van der Waals surface area contributed by atoms with E-state index in [-0.39, 0.29) is 0 Å². The molecule has 0 aliphatic rings. The minimum Gasteiger partial charge on any atom is -0.361 e. The third-order valence-electron chi connectivity index (χ3n) is 2.47. The first-order valence-corrected chi connectivity index (χ1v) is 5.13. The second-order valence-corrected chi connectivity index (χ2v) is 3.80. The third-order valence-corrected chi connectivity index (χ3v) is 2.47. The molecule has 0 aromatic heterocycles. The number of nitrogens with one attached hydrogen (secondary N) is 1. The van der Waals surface area contributed by atoms with E-state index < -0.39 is 11.8 Å². The fourth-order valence-corrected chi connectivity index (χ4v) is 1.22. The van der Waals surface area contributed by atoms with E-state index in [1.807, 2.05) is 32.0 Å². The molecule has 0 heterocycles. The zero-order valence-electron chi connectivity index (χ0n) is 10.1. The molecule has 1 aromatic rings. The maximum absolute atomic E-state index is 10.9. The second-order valence-electron chi connectivity index (χ2n) is 3.80. The summed E-state index contributed by atoms with van der Waals surface area (Å²) in [5.74, 6) is -1.98. The van der Waals surface area contributed by atoms with E-state index in [0.29, 0.717) is 5.71 Å². The first-order chi connectivity index (χ1) is 7.91. The normalized spacial score (nSPS) is 11.1. The maximum Gasteiger partial charge on any atom is 0.329 e. The van der Waals surface area contributed by atoms with E-state index in [4.69, 9.17) is 5.73 Å². The molecule has 17 heavy (non-hydrogen) atoms. The number of hydrazone groups is 1. The first-order valence-electron chi connectivity index (χ1n) is 5.13. The van der Waals surface area contributed by atoms with E-state index in [9.17, 15) is 9.59 Å². The van der Waals surface area contributed by atoms with Crippen LogP contribution < -0.4 is 11.2 Å². The highest BCUT2D eigenvalue weighted by Gasteiger charge is 2.07. The van der Waals surface area contributed by atoms with Gasteiger partial charge in [-0.05, 0) is 43.5 Å². The highest BCUT2D eigenvalue weighted by molar-refractivity contribution is 6.34. The van der Waals surface area contributed by atoms with Gasteiger partial charge in [-0.3, -0.25) is 9.59 Å². The van der Waals surface area contributed by atoms with Gasteiger partial charge in [0.15, 0.2) is 0 Å². The summed E-state index contributed by atoms with van der Waals surface area (Å²) >= 11 is 0. The monoisotopic (exact) mass is 233 g/mol. The Labute approximate surface area is 99.7 Å². The molecule has 5 nitrogen and oxygen atoms in total. The number of benzene rings is 1. The highest BCUT2D eigenvalue weighted by Crippen LogP contribution is 2.10. The number of hydrogen-bond acceptors (Lipinski definition) is 3. The van der Waals surface area contributed by atoms with Crippen molar-refractivity contribution in [2.24, 2.45) is 10.8 Å². The van der Waals surface area contributed by atoms with Crippen molar-refractivity contribution in [1.82, 2.24) is 5.43 Å². The topological polar surface area (TPSA) is 84.6 Å². The maximum atomic E-state index is 10.9. The van der Waals surface area contributed by atoms with E-state index in [1.54, 1.807) is 6.92 Å². The third kappa shape index (κ3) is 3.41. The number of aryl methyl sites for hydroxylation is 2. The molecule has 0 fully saturated rings. The second kappa shape index (κ2) is 5.25. The van der Waals surface area contributed by atoms with Gasteiger partial charge in [-0.2, -0.15) is 5.10 Å². The number of nitrogens with two attached hydrogens (primary N) is 1. The molecule has 0 saturated heterocycles. The largest absolute Gasteiger partial charge is 0.361 e. The van der Waals surface area contributed by atoms with Crippen molar-refractivity contribution < 1.29 is 9.59 Å². The molecule has 5 heteroatoms. The van der Waals surface area contributed by atoms with Gasteiger partial charge in [0.2, 0.25) is 0 Å². The molecule has 0 aliphatic carbocycles. The summed E-state index contributed by atoms with van der Waals surface area (Å²) in [7, 11) is 0. The van der Waals surface area contributed by atoms with Crippen LogP contribution in [-0.4, -0.2) is 17.5 Å². The zero-order chi connectivity index (χ0) is 13.0. The Kier molecular flexibility index (Phi) is 3.98. The molecule has 1 aromatic carbocycles. The molecular weight excluding hydrogens is 218 g/mol. The summed E-state index contributed by atoms with van der Waals surface area (Å²) in [4.78, 5) is 21.4. The Morgan fingerprint density at radius 3 is 2.41 bits per heavy atom. The van der Waals surface area contributed by atoms with E-state index in [2.05, 4.69) is 10.5 Å². The van der Waals surface area contributed by atoms with Gasteiger partial charge in [0, 0.05) is 0 Å². The predicted octanol–water partition coefficient (Wildman–Crippen LogP) is 0.629. The number of carbonyl (C=O) groups is 2. The van der Waals surface area contributed by atoms with Crippen molar-refractivity contribution >= 4 is 17.5 Å². The highest BCUT2D eigenvalue weighted by atomic mass is 16.2. The van der Waals surface area contributed by atoms with Crippen LogP contribution in [-0.2, 0) is 9.59 Å². The Hall–Kier alpha value is -2.17. The van der Waals surface area contributed by atoms with Gasteiger partial charge >= 0.3 is 11.8 Å². The predicted molar refractivity (Wildman–Crippen MR) is 65.5 cm³/mol. The van der Waals surface area contributed by atoms with Gasteiger partial charge in [0.1, 0.15) is 0 Å². The van der Waals surface area contributed by atoms with Gasteiger partial charge in [0.25, 0.3) is 0 Å². The molecule has 3 N–H and O–H groups in total. The minimum absolute atomic E-state index is 0.614. The molecule has 0 aliphatic heterocycles. The smallest absolute Gasteiger partial charge is 0.329 e. The van der Waals surface area contributed by atoms with Crippen LogP contribution in [0.25, 0.3) is 0 Å². The molecule has 0 bridgehead atoms. The lowest BCUT2D eigenvalue weighted by molar-refractivity contribution is -0.137. The van der Waals surface area contributed by atoms with Crippen LogP contribution in [0.15, 0.2) is 23.3 Å². The summed E-state index contributed by atoms with van der Waals surface area (Å²) in [6.07, 6.45) is 0. The number of amides is 2. The summed E-state index contributed by atoms with van der Waals surface area (Å²) in [6.45, 7) is 5.75. The van der Waals surface area contributed by atoms with Crippen LogP contribution in [0.2, 0.25) is 0 Å². The van der Waals surface area contributed by atoms with E-state index >= 15 is 0 Å². The van der Waals surface area contributed by atoms with E-state index in [1.165, 1.54) is 5.56 Å². The molecule has 2 amide bonds. The van der Waals surface area contributed by atoms with Crippen molar-refractivity contribution in [2.75, 3.05) is 0 Å². The van der Waals surface area contributed by atoms with Gasteiger partial charge in [0.05, 0.1) is 5.71 Å². The van der Waals surface area contributed by atoms with Crippen molar-refractivity contribution in [3.63, 3.8) is 0 Å². The van der Waals surface area contributed by atoms with Crippen molar-refractivity contribution in [3.8, 4) is 0 Å². The van der Waals surface area contributed by atoms with Crippen molar-refractivity contribution in [3.05, 3.63) is 34.9 Å². The molecule has 1 rings (SSSR count). The average molecular weight is 233 g/mol. The number of carbonyl (C=O) groups excluding carboxylic acids is 2. The van der Waals surface area contributed by atoms with Crippen LogP contribution in [0.5, 0.6) is 0 Å². The summed E-state index contributed by atoms with van der Waals surface area (Å²) in [5, 5.41) is 3.80. The molecular formula is C12H15N3O2. The number of nitrogens with zero attached hydrogens (tertiary/aromatic N) is 1. The quantitative estimate of drug-likeness (QED) is 0.446. The lowest BCUT2D eigenvalue weighted by Gasteiger charge is -2.05. The first kappa shape index (κ1) is 12.9. The zero-order valence-corrected chi connectivity index (χ0v) is 10.1. The number of primary amides is 1. The van der Waals surface area contributed by atoms with Gasteiger partial charge in [-0.15, -0.1) is 0 Å². The SMILES string of the molecule is C/C(=N\NC(=O)C(N)=O)c1ccc(C)c(C)c1. The molecule has 0 spiro atoms. The molecule has 90 valence electrons. The Balaban J connectivity index is 2.85. The standard InChI is InChI=1S/C12H15N3O2/c1-7-4-5-10(6-8(7)2)9(3)14-15-12(17)11(13)16/h4-6H,1-3H3,(H2,13,16)(H,15,17)/b14-9+.